The van der Waals surface area contributed by atoms with E-state index in [1.807, 2.05) is 25.6 Å². The molecule has 0 aliphatic carbocycles. The standard InChI is InChI=1S/C12H22O3S/c1-4-5-6-13-7-10-11-9(8-16-10)14-12(2,3)15-11/h9-11H,4-8H2,1-3H3/t9?,10-,11+/m1/s1. The second-order valence-corrected chi connectivity index (χ2v) is 6.21. The summed E-state index contributed by atoms with van der Waals surface area (Å²) in [5.74, 6) is 0.633. The molecule has 0 amide bonds. The van der Waals surface area contributed by atoms with Crippen LogP contribution in [0.3, 0.4) is 0 Å². The summed E-state index contributed by atoms with van der Waals surface area (Å²) in [6, 6.07) is 0. The van der Waals surface area contributed by atoms with Crippen molar-refractivity contribution in [3.05, 3.63) is 0 Å². The van der Waals surface area contributed by atoms with E-state index in [-0.39, 0.29) is 12.2 Å². The van der Waals surface area contributed by atoms with Crippen molar-refractivity contribution < 1.29 is 14.2 Å². The molecule has 3 atom stereocenters. The molecule has 2 aliphatic rings. The van der Waals surface area contributed by atoms with Gasteiger partial charge in [-0.05, 0) is 20.3 Å². The molecule has 2 aliphatic heterocycles. The van der Waals surface area contributed by atoms with Gasteiger partial charge in [0.1, 0.15) is 6.10 Å². The lowest BCUT2D eigenvalue weighted by Gasteiger charge is -2.21. The third-order valence-electron chi connectivity index (χ3n) is 2.99. The van der Waals surface area contributed by atoms with E-state index < -0.39 is 5.79 Å². The van der Waals surface area contributed by atoms with Crippen LogP contribution in [0.2, 0.25) is 0 Å². The van der Waals surface area contributed by atoms with Gasteiger partial charge in [0, 0.05) is 12.4 Å². The quantitative estimate of drug-likeness (QED) is 0.696. The van der Waals surface area contributed by atoms with E-state index in [0.717, 1.165) is 25.4 Å². The van der Waals surface area contributed by atoms with Gasteiger partial charge in [0.2, 0.25) is 0 Å². The van der Waals surface area contributed by atoms with E-state index in [0.29, 0.717) is 5.25 Å². The molecule has 3 nitrogen and oxygen atoms in total. The SMILES string of the molecule is CCCCOC[C@H]1SCC2OC(C)(C)O[C@@H]21. The number of fused-ring (bicyclic) bond motifs is 1. The Morgan fingerprint density at radius 2 is 2.19 bits per heavy atom. The van der Waals surface area contributed by atoms with Crippen molar-refractivity contribution in [1.82, 2.24) is 0 Å². The molecule has 2 heterocycles. The topological polar surface area (TPSA) is 27.7 Å². The van der Waals surface area contributed by atoms with Crippen LogP contribution in [0.4, 0.5) is 0 Å². The zero-order chi connectivity index (χ0) is 11.6. The predicted octanol–water partition coefficient (Wildman–Crippen LogP) is 2.44. The van der Waals surface area contributed by atoms with Crippen molar-refractivity contribution >= 4 is 11.8 Å². The second kappa shape index (κ2) is 5.25. The molecule has 0 radical (unpaired) electrons. The minimum Gasteiger partial charge on any atom is -0.380 e. The molecule has 0 aromatic carbocycles. The molecule has 4 heteroatoms. The first-order valence-corrected chi connectivity index (χ1v) is 7.22. The van der Waals surface area contributed by atoms with Crippen LogP contribution < -0.4 is 0 Å². The van der Waals surface area contributed by atoms with E-state index in [1.165, 1.54) is 6.42 Å². The van der Waals surface area contributed by atoms with E-state index in [2.05, 4.69) is 6.92 Å². The Morgan fingerprint density at radius 3 is 2.94 bits per heavy atom. The normalized spacial score (nSPS) is 36.6. The van der Waals surface area contributed by atoms with Gasteiger partial charge in [0.25, 0.3) is 0 Å². The van der Waals surface area contributed by atoms with Crippen LogP contribution in [0.15, 0.2) is 0 Å². The maximum Gasteiger partial charge on any atom is 0.163 e. The Morgan fingerprint density at radius 1 is 1.38 bits per heavy atom. The lowest BCUT2D eigenvalue weighted by molar-refractivity contribution is -0.146. The Hall–Kier alpha value is 0.230. The monoisotopic (exact) mass is 246 g/mol. The molecule has 1 unspecified atom stereocenters. The van der Waals surface area contributed by atoms with Crippen LogP contribution in [0.1, 0.15) is 33.6 Å². The van der Waals surface area contributed by atoms with Gasteiger partial charge in [-0.15, -0.1) is 0 Å². The third kappa shape index (κ3) is 2.92. The number of rotatable bonds is 5. The summed E-state index contributed by atoms with van der Waals surface area (Å²) in [7, 11) is 0. The maximum absolute atomic E-state index is 5.92. The van der Waals surface area contributed by atoms with Crippen molar-refractivity contribution in [1.29, 1.82) is 0 Å². The van der Waals surface area contributed by atoms with Crippen LogP contribution in [-0.4, -0.2) is 42.2 Å². The molecule has 0 aromatic heterocycles. The fourth-order valence-electron chi connectivity index (χ4n) is 2.21. The number of ether oxygens (including phenoxy) is 3. The van der Waals surface area contributed by atoms with E-state index in [9.17, 15) is 0 Å². The maximum atomic E-state index is 5.92. The van der Waals surface area contributed by atoms with Gasteiger partial charge in [-0.1, -0.05) is 13.3 Å². The number of hydrogen-bond donors (Lipinski definition) is 0. The highest BCUT2D eigenvalue weighted by Crippen LogP contribution is 2.41. The van der Waals surface area contributed by atoms with Crippen LogP contribution in [0, 0.1) is 0 Å². The van der Waals surface area contributed by atoms with Gasteiger partial charge in [0.05, 0.1) is 18.0 Å². The summed E-state index contributed by atoms with van der Waals surface area (Å²) >= 11 is 1.92. The first-order valence-electron chi connectivity index (χ1n) is 6.17. The molecular formula is C12H22O3S. The lowest BCUT2D eigenvalue weighted by atomic mass is 10.2. The third-order valence-corrected chi connectivity index (χ3v) is 4.34. The molecular weight excluding hydrogens is 224 g/mol. The summed E-state index contributed by atoms with van der Waals surface area (Å²) in [6.07, 6.45) is 2.83. The minimum absolute atomic E-state index is 0.224. The highest BCUT2D eigenvalue weighted by atomic mass is 32.2. The summed E-state index contributed by atoms with van der Waals surface area (Å²) in [5, 5.41) is 0.448. The van der Waals surface area contributed by atoms with Gasteiger partial charge >= 0.3 is 0 Å². The largest absolute Gasteiger partial charge is 0.380 e. The van der Waals surface area contributed by atoms with Crippen LogP contribution >= 0.6 is 11.8 Å². The molecule has 94 valence electrons. The number of thioether (sulfide) groups is 1. The Kier molecular flexibility index (Phi) is 4.16. The highest BCUT2D eigenvalue weighted by Gasteiger charge is 2.49. The van der Waals surface area contributed by atoms with E-state index in [4.69, 9.17) is 14.2 Å². The summed E-state index contributed by atoms with van der Waals surface area (Å²) in [4.78, 5) is 0. The zero-order valence-electron chi connectivity index (χ0n) is 10.4. The molecule has 0 N–H and O–H groups in total. The molecule has 16 heavy (non-hydrogen) atoms. The predicted molar refractivity (Wildman–Crippen MR) is 65.8 cm³/mol. The van der Waals surface area contributed by atoms with Gasteiger partial charge in [-0.3, -0.25) is 0 Å². The van der Waals surface area contributed by atoms with Gasteiger partial charge in [-0.2, -0.15) is 11.8 Å². The number of hydrogen-bond acceptors (Lipinski definition) is 4. The van der Waals surface area contributed by atoms with Crippen molar-refractivity contribution in [2.45, 2.75) is 56.9 Å². The van der Waals surface area contributed by atoms with Crippen molar-refractivity contribution in [2.75, 3.05) is 19.0 Å². The molecule has 0 spiro atoms. The first kappa shape index (κ1) is 12.7. The Labute approximate surface area is 102 Å². The molecule has 2 saturated heterocycles. The first-order chi connectivity index (χ1) is 7.62. The van der Waals surface area contributed by atoms with Gasteiger partial charge in [-0.25, -0.2) is 0 Å². The van der Waals surface area contributed by atoms with Crippen molar-refractivity contribution in [3.63, 3.8) is 0 Å². The van der Waals surface area contributed by atoms with Crippen LogP contribution in [0.25, 0.3) is 0 Å². The zero-order valence-corrected chi connectivity index (χ0v) is 11.2. The fourth-order valence-corrected chi connectivity index (χ4v) is 3.52. The fraction of sp³-hybridized carbons (Fsp3) is 1.00. The van der Waals surface area contributed by atoms with E-state index >= 15 is 0 Å². The minimum atomic E-state index is -0.405. The average Bonchev–Trinajstić information content (AvgIpc) is 2.69. The second-order valence-electron chi connectivity index (χ2n) is 4.94. The summed E-state index contributed by atoms with van der Waals surface area (Å²) < 4.78 is 17.4. The average molecular weight is 246 g/mol. The molecule has 0 bridgehead atoms. The van der Waals surface area contributed by atoms with Crippen molar-refractivity contribution in [3.8, 4) is 0 Å². The molecule has 0 saturated carbocycles. The highest BCUT2D eigenvalue weighted by molar-refractivity contribution is 8.00. The van der Waals surface area contributed by atoms with Gasteiger partial charge in [0.15, 0.2) is 5.79 Å². The van der Waals surface area contributed by atoms with Crippen LogP contribution in [-0.2, 0) is 14.2 Å². The number of unbranched alkanes of at least 4 members (excludes halogenated alkanes) is 1. The molecule has 2 fully saturated rings. The molecule has 0 aromatic rings. The smallest absolute Gasteiger partial charge is 0.163 e. The summed E-state index contributed by atoms with van der Waals surface area (Å²) in [5.41, 5.74) is 0. The Balaban J connectivity index is 1.75. The summed E-state index contributed by atoms with van der Waals surface area (Å²) in [6.45, 7) is 7.83. The van der Waals surface area contributed by atoms with Crippen LogP contribution in [0.5, 0.6) is 0 Å². The van der Waals surface area contributed by atoms with Gasteiger partial charge < -0.3 is 14.2 Å². The molecule has 2 rings (SSSR count). The Bertz CT molecular complexity index is 232. The van der Waals surface area contributed by atoms with Crippen molar-refractivity contribution in [2.24, 2.45) is 0 Å². The lowest BCUT2D eigenvalue weighted by Crippen LogP contribution is -2.31. The van der Waals surface area contributed by atoms with E-state index in [1.54, 1.807) is 0 Å².